The first kappa shape index (κ1) is 40.0. The van der Waals surface area contributed by atoms with Crippen molar-refractivity contribution in [1.29, 1.82) is 0 Å². The number of aliphatic hydroxyl groups is 2. The van der Waals surface area contributed by atoms with E-state index in [1.54, 1.807) is 0 Å². The molecule has 0 aromatic heterocycles. The van der Waals surface area contributed by atoms with Gasteiger partial charge in [-0.3, -0.25) is 18.6 Å². The summed E-state index contributed by atoms with van der Waals surface area (Å²) in [6, 6.07) is 0. The first-order valence-corrected chi connectivity index (χ1v) is 17.5. The molecule has 0 fully saturated rings. The Bertz CT molecular complexity index is 676. The second-order valence-electron chi connectivity index (χ2n) is 10.8. The second kappa shape index (κ2) is 27.8. The lowest BCUT2D eigenvalue weighted by Gasteiger charge is -2.20. The first-order chi connectivity index (χ1) is 19.7. The van der Waals surface area contributed by atoms with Gasteiger partial charge in [0.05, 0.1) is 19.8 Å². The Labute approximate surface area is 248 Å². The summed E-state index contributed by atoms with van der Waals surface area (Å²) in [4.78, 5) is 34.1. The van der Waals surface area contributed by atoms with Crippen LogP contribution in [0.25, 0.3) is 0 Å². The van der Waals surface area contributed by atoms with E-state index in [1.807, 2.05) is 6.92 Å². The van der Waals surface area contributed by atoms with Gasteiger partial charge in [-0.05, 0) is 12.8 Å². The van der Waals surface area contributed by atoms with Crippen LogP contribution in [0.4, 0.5) is 0 Å². The molecular weight excluding hydrogens is 551 g/mol. The molecule has 0 rings (SSSR count). The summed E-state index contributed by atoms with van der Waals surface area (Å²) in [6.45, 7) is 2.17. The van der Waals surface area contributed by atoms with Gasteiger partial charge in [0.1, 0.15) is 12.7 Å². The molecule has 0 aromatic carbocycles. The van der Waals surface area contributed by atoms with Gasteiger partial charge >= 0.3 is 19.8 Å². The lowest BCUT2D eigenvalue weighted by molar-refractivity contribution is -0.161. The number of esters is 2. The van der Waals surface area contributed by atoms with Crippen LogP contribution in [0.3, 0.4) is 0 Å². The summed E-state index contributed by atoms with van der Waals surface area (Å²) >= 11 is 0. The van der Waals surface area contributed by atoms with E-state index in [4.69, 9.17) is 19.1 Å². The fourth-order valence-electron chi connectivity index (χ4n) is 4.23. The minimum Gasteiger partial charge on any atom is -0.462 e. The van der Waals surface area contributed by atoms with Gasteiger partial charge in [0.15, 0.2) is 6.10 Å². The summed E-state index contributed by atoms with van der Waals surface area (Å²) in [5.41, 5.74) is 0. The quantitative estimate of drug-likeness (QED) is 0.0452. The van der Waals surface area contributed by atoms with Gasteiger partial charge < -0.3 is 24.6 Å². The molecular formula is C30H59O10P. The number of rotatable bonds is 30. The van der Waals surface area contributed by atoms with Crippen molar-refractivity contribution in [3.8, 4) is 0 Å². The molecule has 1 unspecified atom stereocenters. The van der Waals surface area contributed by atoms with Crippen molar-refractivity contribution in [3.05, 3.63) is 0 Å². The molecule has 3 atom stereocenters. The lowest BCUT2D eigenvalue weighted by Crippen LogP contribution is -2.29. The zero-order chi connectivity index (χ0) is 30.6. The number of unbranched alkanes of at least 4 members (excludes halogenated alkanes) is 16. The van der Waals surface area contributed by atoms with Crippen molar-refractivity contribution < 1.29 is 47.8 Å². The molecule has 0 aliphatic rings. The van der Waals surface area contributed by atoms with Crippen molar-refractivity contribution in [2.24, 2.45) is 0 Å². The fraction of sp³-hybridized carbons (Fsp3) is 0.933. The van der Waals surface area contributed by atoms with E-state index in [1.165, 1.54) is 70.6 Å². The number of phosphoric acid groups is 1. The average Bonchev–Trinajstić information content (AvgIpc) is 2.95. The minimum absolute atomic E-state index is 0.190. The molecule has 0 amide bonds. The Morgan fingerprint density at radius 2 is 1.05 bits per heavy atom. The number of carbonyl (C=O) groups excluding carboxylic acids is 2. The maximum absolute atomic E-state index is 12.4. The molecule has 0 radical (unpaired) electrons. The van der Waals surface area contributed by atoms with Crippen LogP contribution in [0.5, 0.6) is 0 Å². The van der Waals surface area contributed by atoms with Crippen molar-refractivity contribution in [2.75, 3.05) is 26.4 Å². The first-order valence-electron chi connectivity index (χ1n) is 16.0. The number of hydrogen-bond donors (Lipinski definition) is 3. The van der Waals surface area contributed by atoms with Gasteiger partial charge in [-0.1, -0.05) is 117 Å². The Morgan fingerprint density at radius 1 is 0.634 bits per heavy atom. The van der Waals surface area contributed by atoms with Crippen molar-refractivity contribution >= 4 is 19.8 Å². The van der Waals surface area contributed by atoms with E-state index in [0.29, 0.717) is 12.8 Å². The van der Waals surface area contributed by atoms with Crippen LogP contribution < -0.4 is 0 Å². The number of aliphatic hydroxyl groups excluding tert-OH is 2. The number of hydrogen-bond acceptors (Lipinski definition) is 9. The van der Waals surface area contributed by atoms with E-state index < -0.39 is 51.8 Å². The summed E-state index contributed by atoms with van der Waals surface area (Å²) in [5.74, 6) is -0.948. The normalized spacial score (nSPS) is 14.4. The molecule has 0 aromatic rings. The molecule has 0 saturated carbocycles. The standard InChI is InChI=1S/C30H59O10P/c1-3-5-7-8-9-10-11-12-13-14-15-16-17-18-20-22-30(34)40-28(25-37-29(33)21-19-6-4-2)26-39-41(35,36)38-24-27(32)23-31/h27-28,31-32H,3-26H2,1-2H3,(H,35,36)/t27-,28+/m1/s1. The van der Waals surface area contributed by atoms with Crippen LogP contribution in [0.1, 0.15) is 142 Å². The Kier molecular flexibility index (Phi) is 27.1. The molecule has 0 bridgehead atoms. The number of phosphoric ester groups is 1. The van der Waals surface area contributed by atoms with E-state index in [2.05, 4.69) is 11.4 Å². The summed E-state index contributed by atoms with van der Waals surface area (Å²) < 4.78 is 32.1. The monoisotopic (exact) mass is 610 g/mol. The van der Waals surface area contributed by atoms with Crippen molar-refractivity contribution in [2.45, 2.75) is 154 Å². The molecule has 244 valence electrons. The highest BCUT2D eigenvalue weighted by Crippen LogP contribution is 2.43. The molecule has 41 heavy (non-hydrogen) atoms. The average molecular weight is 611 g/mol. The Hall–Kier alpha value is -1.03. The highest BCUT2D eigenvalue weighted by Gasteiger charge is 2.27. The van der Waals surface area contributed by atoms with Gasteiger partial charge in [0.25, 0.3) is 0 Å². The van der Waals surface area contributed by atoms with Crippen molar-refractivity contribution in [1.82, 2.24) is 0 Å². The SMILES string of the molecule is CCCCCCCCCCCCCCCCCC(=O)O[C@@H](COC(=O)CCCCC)COP(=O)(O)OC[C@H](O)CO. The van der Waals surface area contributed by atoms with Crippen molar-refractivity contribution in [3.63, 3.8) is 0 Å². The van der Waals surface area contributed by atoms with Gasteiger partial charge in [0.2, 0.25) is 0 Å². The smallest absolute Gasteiger partial charge is 0.462 e. The minimum atomic E-state index is -4.58. The third kappa shape index (κ3) is 27.5. The molecule has 0 spiro atoms. The topological polar surface area (TPSA) is 149 Å². The van der Waals surface area contributed by atoms with E-state index in [0.717, 1.165) is 32.1 Å². The molecule has 11 heteroatoms. The number of ether oxygens (including phenoxy) is 2. The maximum atomic E-state index is 12.4. The van der Waals surface area contributed by atoms with Crippen LogP contribution in [0.2, 0.25) is 0 Å². The third-order valence-corrected chi connectivity index (χ3v) is 7.71. The third-order valence-electron chi connectivity index (χ3n) is 6.76. The summed E-state index contributed by atoms with van der Waals surface area (Å²) in [5, 5.41) is 18.1. The second-order valence-corrected chi connectivity index (χ2v) is 12.3. The zero-order valence-electron chi connectivity index (χ0n) is 25.8. The summed E-state index contributed by atoms with van der Waals surface area (Å²) in [6.07, 6.45) is 18.9. The fourth-order valence-corrected chi connectivity index (χ4v) is 5.02. The molecule has 0 aliphatic carbocycles. The predicted molar refractivity (Wildman–Crippen MR) is 159 cm³/mol. The Morgan fingerprint density at radius 3 is 1.56 bits per heavy atom. The molecule has 0 aliphatic heterocycles. The van der Waals surface area contributed by atoms with Crippen LogP contribution >= 0.6 is 7.82 Å². The maximum Gasteiger partial charge on any atom is 0.472 e. The van der Waals surface area contributed by atoms with Gasteiger partial charge in [-0.15, -0.1) is 0 Å². The van der Waals surface area contributed by atoms with Gasteiger partial charge in [0, 0.05) is 12.8 Å². The predicted octanol–water partition coefficient (Wildman–Crippen LogP) is 6.77. The lowest BCUT2D eigenvalue weighted by atomic mass is 10.0. The zero-order valence-corrected chi connectivity index (χ0v) is 26.7. The van der Waals surface area contributed by atoms with Crippen LogP contribution in [-0.2, 0) is 32.7 Å². The summed E-state index contributed by atoms with van der Waals surface area (Å²) in [7, 11) is -4.58. The molecule has 10 nitrogen and oxygen atoms in total. The van der Waals surface area contributed by atoms with E-state index in [-0.39, 0.29) is 19.4 Å². The van der Waals surface area contributed by atoms with Crippen LogP contribution in [0, 0.1) is 0 Å². The van der Waals surface area contributed by atoms with Gasteiger partial charge in [-0.25, -0.2) is 4.57 Å². The van der Waals surface area contributed by atoms with Crippen LogP contribution in [0.15, 0.2) is 0 Å². The number of carbonyl (C=O) groups is 2. The van der Waals surface area contributed by atoms with E-state index >= 15 is 0 Å². The van der Waals surface area contributed by atoms with Gasteiger partial charge in [-0.2, -0.15) is 0 Å². The molecule has 0 saturated heterocycles. The largest absolute Gasteiger partial charge is 0.472 e. The van der Waals surface area contributed by atoms with Crippen LogP contribution in [-0.4, -0.2) is 65.7 Å². The Balaban J connectivity index is 4.21. The highest BCUT2D eigenvalue weighted by molar-refractivity contribution is 7.47. The van der Waals surface area contributed by atoms with E-state index in [9.17, 15) is 24.2 Å². The molecule has 0 heterocycles. The molecule has 3 N–H and O–H groups in total. The highest BCUT2D eigenvalue weighted by atomic mass is 31.2.